The van der Waals surface area contributed by atoms with E-state index in [1.54, 1.807) is 0 Å². The predicted octanol–water partition coefficient (Wildman–Crippen LogP) is 4.14. The Bertz CT molecular complexity index is 265. The van der Waals surface area contributed by atoms with E-state index in [1.165, 1.54) is 44.9 Å². The van der Waals surface area contributed by atoms with Crippen LogP contribution < -0.4 is 0 Å². The maximum atomic E-state index is 9.51. The number of nitriles is 1. The minimum atomic E-state index is 0.0809. The van der Waals surface area contributed by atoms with Crippen LogP contribution in [0.2, 0.25) is 0 Å². The highest BCUT2D eigenvalue weighted by Crippen LogP contribution is 2.58. The summed E-state index contributed by atoms with van der Waals surface area (Å²) >= 11 is 0. The number of fused-ring (bicyclic) bond motifs is 2. The smallest absolute Gasteiger partial charge is 0.0692 e. The molecule has 2 aliphatic rings. The van der Waals surface area contributed by atoms with Crippen LogP contribution in [0.1, 0.15) is 58.8 Å². The van der Waals surface area contributed by atoms with Crippen molar-refractivity contribution in [3.63, 3.8) is 0 Å². The highest BCUT2D eigenvalue weighted by molar-refractivity contribution is 5.11. The third-order valence-corrected chi connectivity index (χ3v) is 4.69. The van der Waals surface area contributed by atoms with Gasteiger partial charge in [-0.25, -0.2) is 0 Å². The van der Waals surface area contributed by atoms with Crippen molar-refractivity contribution in [2.24, 2.45) is 23.2 Å². The molecule has 0 aliphatic heterocycles. The third-order valence-electron chi connectivity index (χ3n) is 4.69. The van der Waals surface area contributed by atoms with E-state index in [4.69, 9.17) is 0 Å². The standard InChI is InChI=1S/C14H23N/c1-3-4-11(2)8-14(10-15)9-12-5-6-13(14)7-12/h11-13H,3-9H2,1-2H3. The van der Waals surface area contributed by atoms with Gasteiger partial charge in [0.25, 0.3) is 0 Å². The molecule has 2 bridgehead atoms. The van der Waals surface area contributed by atoms with Gasteiger partial charge in [0.1, 0.15) is 0 Å². The molecule has 4 unspecified atom stereocenters. The van der Waals surface area contributed by atoms with Gasteiger partial charge >= 0.3 is 0 Å². The molecule has 0 aromatic rings. The Morgan fingerprint density at radius 1 is 1.47 bits per heavy atom. The second-order valence-electron chi connectivity index (χ2n) is 5.95. The lowest BCUT2D eigenvalue weighted by atomic mass is 9.69. The average molecular weight is 205 g/mol. The van der Waals surface area contributed by atoms with Crippen LogP contribution in [0.3, 0.4) is 0 Å². The van der Waals surface area contributed by atoms with Crippen LogP contribution in [0, 0.1) is 34.5 Å². The Morgan fingerprint density at radius 2 is 2.27 bits per heavy atom. The Morgan fingerprint density at radius 3 is 2.73 bits per heavy atom. The fourth-order valence-electron chi connectivity index (χ4n) is 4.09. The van der Waals surface area contributed by atoms with Gasteiger partial charge in [0.15, 0.2) is 0 Å². The van der Waals surface area contributed by atoms with E-state index in [0.717, 1.165) is 17.8 Å². The molecular formula is C14H23N. The molecule has 2 fully saturated rings. The summed E-state index contributed by atoms with van der Waals surface area (Å²) in [6.45, 7) is 4.57. The van der Waals surface area contributed by atoms with Gasteiger partial charge < -0.3 is 0 Å². The molecule has 0 saturated heterocycles. The molecule has 0 amide bonds. The summed E-state index contributed by atoms with van der Waals surface area (Å²) < 4.78 is 0. The van der Waals surface area contributed by atoms with Crippen LogP contribution in [0.25, 0.3) is 0 Å². The fraction of sp³-hybridized carbons (Fsp3) is 0.929. The van der Waals surface area contributed by atoms with E-state index < -0.39 is 0 Å². The van der Waals surface area contributed by atoms with Gasteiger partial charge in [0, 0.05) is 0 Å². The topological polar surface area (TPSA) is 23.8 Å². The third kappa shape index (κ3) is 1.92. The molecule has 84 valence electrons. The van der Waals surface area contributed by atoms with Crippen LogP contribution in [-0.4, -0.2) is 0 Å². The van der Waals surface area contributed by atoms with E-state index in [0.29, 0.717) is 0 Å². The quantitative estimate of drug-likeness (QED) is 0.676. The summed E-state index contributed by atoms with van der Waals surface area (Å²) in [5.74, 6) is 2.38. The summed E-state index contributed by atoms with van der Waals surface area (Å²) in [5, 5.41) is 9.51. The lowest BCUT2D eigenvalue weighted by Gasteiger charge is -2.33. The molecule has 2 saturated carbocycles. The first-order valence-electron chi connectivity index (χ1n) is 6.61. The second kappa shape index (κ2) is 4.16. The lowest BCUT2D eigenvalue weighted by molar-refractivity contribution is 0.188. The molecule has 0 spiro atoms. The van der Waals surface area contributed by atoms with Crippen molar-refractivity contribution >= 4 is 0 Å². The summed E-state index contributed by atoms with van der Waals surface area (Å²) in [4.78, 5) is 0. The van der Waals surface area contributed by atoms with Crippen molar-refractivity contribution < 1.29 is 0 Å². The molecule has 2 rings (SSSR count). The first kappa shape index (κ1) is 11.0. The van der Waals surface area contributed by atoms with Crippen LogP contribution in [0.4, 0.5) is 0 Å². The van der Waals surface area contributed by atoms with E-state index in [2.05, 4.69) is 19.9 Å². The SMILES string of the molecule is CCCC(C)CC1(C#N)CC2CCC1C2. The largest absolute Gasteiger partial charge is 0.198 e. The van der Waals surface area contributed by atoms with Gasteiger partial charge in [-0.15, -0.1) is 0 Å². The lowest BCUT2D eigenvalue weighted by Crippen LogP contribution is -2.28. The summed E-state index contributed by atoms with van der Waals surface area (Å²) in [5.41, 5.74) is 0.0809. The number of hydrogen-bond acceptors (Lipinski definition) is 1. The van der Waals surface area contributed by atoms with Gasteiger partial charge in [0.2, 0.25) is 0 Å². The van der Waals surface area contributed by atoms with Crippen LogP contribution in [0.15, 0.2) is 0 Å². The monoisotopic (exact) mass is 205 g/mol. The molecule has 0 aromatic heterocycles. The average Bonchev–Trinajstić information content (AvgIpc) is 2.78. The van der Waals surface area contributed by atoms with Crippen molar-refractivity contribution in [1.82, 2.24) is 0 Å². The Balaban J connectivity index is 2.01. The second-order valence-corrected chi connectivity index (χ2v) is 5.95. The van der Waals surface area contributed by atoms with Crippen LogP contribution in [0.5, 0.6) is 0 Å². The Labute approximate surface area is 93.9 Å². The van der Waals surface area contributed by atoms with E-state index in [9.17, 15) is 5.26 Å². The first-order valence-corrected chi connectivity index (χ1v) is 6.61. The van der Waals surface area contributed by atoms with Crippen LogP contribution >= 0.6 is 0 Å². The van der Waals surface area contributed by atoms with Gasteiger partial charge in [-0.2, -0.15) is 5.26 Å². The summed E-state index contributed by atoms with van der Waals surface area (Å²) in [6, 6.07) is 2.70. The van der Waals surface area contributed by atoms with E-state index in [1.807, 2.05) is 0 Å². The number of rotatable bonds is 4. The van der Waals surface area contributed by atoms with Crippen molar-refractivity contribution in [2.45, 2.75) is 58.8 Å². The van der Waals surface area contributed by atoms with Gasteiger partial charge in [0.05, 0.1) is 11.5 Å². The molecule has 1 heteroatoms. The normalized spacial score (nSPS) is 40.3. The summed E-state index contributed by atoms with van der Waals surface area (Å²) in [7, 11) is 0. The molecule has 0 heterocycles. The fourth-order valence-corrected chi connectivity index (χ4v) is 4.09. The van der Waals surface area contributed by atoms with E-state index >= 15 is 0 Å². The molecule has 15 heavy (non-hydrogen) atoms. The molecule has 0 aromatic carbocycles. The molecule has 0 radical (unpaired) electrons. The Kier molecular flexibility index (Phi) is 3.05. The maximum Gasteiger partial charge on any atom is 0.0692 e. The van der Waals surface area contributed by atoms with Crippen molar-refractivity contribution in [1.29, 1.82) is 5.26 Å². The summed E-state index contributed by atoms with van der Waals surface area (Å²) in [6.07, 6.45) is 9.01. The van der Waals surface area contributed by atoms with Crippen molar-refractivity contribution in [2.75, 3.05) is 0 Å². The molecule has 0 N–H and O–H groups in total. The number of nitrogens with zero attached hydrogens (tertiary/aromatic N) is 1. The molecule has 2 aliphatic carbocycles. The van der Waals surface area contributed by atoms with Gasteiger partial charge in [-0.05, 0) is 43.4 Å². The van der Waals surface area contributed by atoms with E-state index in [-0.39, 0.29) is 5.41 Å². The zero-order chi connectivity index (χ0) is 10.9. The van der Waals surface area contributed by atoms with Crippen molar-refractivity contribution in [3.05, 3.63) is 0 Å². The first-order chi connectivity index (χ1) is 7.20. The molecule has 1 nitrogen and oxygen atoms in total. The van der Waals surface area contributed by atoms with Gasteiger partial charge in [-0.1, -0.05) is 33.1 Å². The highest BCUT2D eigenvalue weighted by Gasteiger charge is 2.51. The Hall–Kier alpha value is -0.510. The van der Waals surface area contributed by atoms with Crippen molar-refractivity contribution in [3.8, 4) is 6.07 Å². The van der Waals surface area contributed by atoms with Gasteiger partial charge in [-0.3, -0.25) is 0 Å². The maximum absolute atomic E-state index is 9.51. The zero-order valence-corrected chi connectivity index (χ0v) is 10.1. The minimum Gasteiger partial charge on any atom is -0.198 e. The molecule has 4 atom stereocenters. The van der Waals surface area contributed by atoms with Crippen LogP contribution in [-0.2, 0) is 0 Å². The zero-order valence-electron chi connectivity index (χ0n) is 10.1. The minimum absolute atomic E-state index is 0.0809. The predicted molar refractivity (Wildman–Crippen MR) is 62.2 cm³/mol. The highest BCUT2D eigenvalue weighted by atomic mass is 14.6. The molecular weight excluding hydrogens is 182 g/mol. The number of hydrogen-bond donors (Lipinski definition) is 0.